The highest BCUT2D eigenvalue weighted by molar-refractivity contribution is 5.94. The van der Waals surface area contributed by atoms with Gasteiger partial charge in [0.05, 0.1) is 0 Å². The van der Waals surface area contributed by atoms with Crippen molar-refractivity contribution in [2.75, 3.05) is 6.54 Å². The molecule has 0 aromatic rings. The summed E-state index contributed by atoms with van der Waals surface area (Å²) in [4.78, 5) is 26.7. The summed E-state index contributed by atoms with van der Waals surface area (Å²) in [6, 6.07) is 0.0538. The number of rotatable bonds is 2. The number of carbonyl (C=O) groups is 2. The molecule has 2 saturated carbocycles. The average molecular weight is 250 g/mol. The topological polar surface area (TPSA) is 49.4 Å². The van der Waals surface area contributed by atoms with Gasteiger partial charge in [0.1, 0.15) is 5.54 Å². The first kappa shape index (κ1) is 12.0. The van der Waals surface area contributed by atoms with E-state index in [2.05, 4.69) is 5.32 Å². The van der Waals surface area contributed by atoms with E-state index in [4.69, 9.17) is 0 Å². The summed E-state index contributed by atoms with van der Waals surface area (Å²) in [5, 5.41) is 3.03. The molecule has 3 fully saturated rings. The third-order valence-electron chi connectivity index (χ3n) is 4.67. The number of hydrogen-bond acceptors (Lipinski definition) is 2. The van der Waals surface area contributed by atoms with Gasteiger partial charge in [0, 0.05) is 19.0 Å². The molecule has 1 atom stereocenters. The highest BCUT2D eigenvalue weighted by atomic mass is 16.2. The molecule has 3 rings (SSSR count). The molecule has 1 heterocycles. The molecule has 4 heteroatoms. The van der Waals surface area contributed by atoms with E-state index in [9.17, 15) is 9.59 Å². The molecule has 0 aromatic carbocycles. The summed E-state index contributed by atoms with van der Waals surface area (Å²) in [5.41, 5.74) is -0.559. The van der Waals surface area contributed by atoms with Crippen LogP contribution < -0.4 is 5.32 Å². The van der Waals surface area contributed by atoms with Crippen LogP contribution in [0.2, 0.25) is 0 Å². The van der Waals surface area contributed by atoms with E-state index in [0.29, 0.717) is 12.3 Å². The lowest BCUT2D eigenvalue weighted by Crippen LogP contribution is -2.56. The Labute approximate surface area is 108 Å². The van der Waals surface area contributed by atoms with Gasteiger partial charge in [0.15, 0.2) is 0 Å². The molecule has 1 N–H and O–H groups in total. The molecule has 18 heavy (non-hydrogen) atoms. The number of hydrogen-bond donors (Lipinski definition) is 1. The van der Waals surface area contributed by atoms with E-state index in [1.807, 2.05) is 11.8 Å². The van der Waals surface area contributed by atoms with Gasteiger partial charge in [-0.05, 0) is 38.5 Å². The Morgan fingerprint density at radius 1 is 1.28 bits per heavy atom. The molecule has 1 spiro atoms. The molecule has 2 aliphatic carbocycles. The zero-order valence-corrected chi connectivity index (χ0v) is 11.1. The molecular weight excluding hydrogens is 228 g/mol. The van der Waals surface area contributed by atoms with Crippen LogP contribution in [-0.4, -0.2) is 34.8 Å². The summed E-state index contributed by atoms with van der Waals surface area (Å²) in [5.74, 6) is 0.921. The standard InChI is InChI=1S/C14H22N2O2/c1-10-8-12(17)15-14(6-2-3-7-14)13(18)16(10)9-11-4-5-11/h10-11H,2-9H2,1H3,(H,15,17). The van der Waals surface area contributed by atoms with Crippen molar-refractivity contribution in [2.24, 2.45) is 5.92 Å². The zero-order valence-electron chi connectivity index (χ0n) is 11.1. The van der Waals surface area contributed by atoms with Crippen molar-refractivity contribution in [3.8, 4) is 0 Å². The smallest absolute Gasteiger partial charge is 0.248 e. The minimum atomic E-state index is -0.559. The highest BCUT2D eigenvalue weighted by Crippen LogP contribution is 2.37. The quantitative estimate of drug-likeness (QED) is 0.806. The minimum Gasteiger partial charge on any atom is -0.342 e. The lowest BCUT2D eigenvalue weighted by Gasteiger charge is -2.34. The summed E-state index contributed by atoms with van der Waals surface area (Å²) in [6.45, 7) is 2.87. The third kappa shape index (κ3) is 2.02. The van der Waals surface area contributed by atoms with Crippen LogP contribution >= 0.6 is 0 Å². The summed E-state index contributed by atoms with van der Waals surface area (Å²) in [6.07, 6.45) is 6.70. The highest BCUT2D eigenvalue weighted by Gasteiger charge is 2.48. The first-order valence-corrected chi connectivity index (χ1v) is 7.23. The van der Waals surface area contributed by atoms with E-state index < -0.39 is 5.54 Å². The largest absolute Gasteiger partial charge is 0.342 e. The number of nitrogens with one attached hydrogen (secondary N) is 1. The monoisotopic (exact) mass is 250 g/mol. The van der Waals surface area contributed by atoms with Crippen molar-refractivity contribution in [1.82, 2.24) is 10.2 Å². The SMILES string of the molecule is CC1CC(=O)NC2(CCCC2)C(=O)N1CC1CC1. The predicted molar refractivity (Wildman–Crippen MR) is 67.9 cm³/mol. The number of carbonyl (C=O) groups excluding carboxylic acids is 2. The first-order chi connectivity index (χ1) is 8.61. The molecule has 4 nitrogen and oxygen atoms in total. The fraction of sp³-hybridized carbons (Fsp3) is 0.857. The molecule has 2 amide bonds. The maximum atomic E-state index is 12.8. The van der Waals surface area contributed by atoms with Gasteiger partial charge in [-0.15, -0.1) is 0 Å². The van der Waals surface area contributed by atoms with E-state index in [1.165, 1.54) is 12.8 Å². The van der Waals surface area contributed by atoms with E-state index in [1.54, 1.807) is 0 Å². The molecule has 0 bridgehead atoms. The normalized spacial score (nSPS) is 31.6. The van der Waals surface area contributed by atoms with Crippen LogP contribution in [0, 0.1) is 5.92 Å². The van der Waals surface area contributed by atoms with Crippen molar-refractivity contribution in [3.05, 3.63) is 0 Å². The van der Waals surface area contributed by atoms with E-state index in [-0.39, 0.29) is 17.9 Å². The second kappa shape index (κ2) is 4.25. The van der Waals surface area contributed by atoms with Gasteiger partial charge >= 0.3 is 0 Å². The van der Waals surface area contributed by atoms with Crippen LogP contribution in [0.3, 0.4) is 0 Å². The molecule has 1 unspecified atom stereocenters. The maximum Gasteiger partial charge on any atom is 0.248 e. The second-order valence-electron chi connectivity index (χ2n) is 6.29. The van der Waals surface area contributed by atoms with Gasteiger partial charge in [0.25, 0.3) is 0 Å². The maximum absolute atomic E-state index is 12.8. The van der Waals surface area contributed by atoms with Crippen LogP contribution in [-0.2, 0) is 9.59 Å². The van der Waals surface area contributed by atoms with E-state index in [0.717, 1.165) is 32.2 Å². The summed E-state index contributed by atoms with van der Waals surface area (Å²) >= 11 is 0. The lowest BCUT2D eigenvalue weighted by molar-refractivity contribution is -0.140. The Bertz CT molecular complexity index is 370. The lowest BCUT2D eigenvalue weighted by atomic mass is 9.95. The van der Waals surface area contributed by atoms with Crippen molar-refractivity contribution >= 4 is 11.8 Å². The fourth-order valence-corrected chi connectivity index (χ4v) is 3.38. The average Bonchev–Trinajstić information content (AvgIpc) is 3.03. The molecule has 100 valence electrons. The molecule has 0 radical (unpaired) electrons. The zero-order chi connectivity index (χ0) is 12.8. The van der Waals surface area contributed by atoms with Gasteiger partial charge in [-0.25, -0.2) is 0 Å². The third-order valence-corrected chi connectivity index (χ3v) is 4.67. The first-order valence-electron chi connectivity index (χ1n) is 7.23. The van der Waals surface area contributed by atoms with Crippen molar-refractivity contribution in [2.45, 2.75) is 63.5 Å². The second-order valence-corrected chi connectivity index (χ2v) is 6.29. The van der Waals surface area contributed by atoms with Crippen LogP contribution in [0.25, 0.3) is 0 Å². The minimum absolute atomic E-state index is 0.0519. The van der Waals surface area contributed by atoms with Gasteiger partial charge in [-0.1, -0.05) is 12.8 Å². The van der Waals surface area contributed by atoms with Gasteiger partial charge < -0.3 is 10.2 Å². The van der Waals surface area contributed by atoms with Crippen molar-refractivity contribution in [1.29, 1.82) is 0 Å². The van der Waals surface area contributed by atoms with E-state index >= 15 is 0 Å². The number of nitrogens with zero attached hydrogens (tertiary/aromatic N) is 1. The van der Waals surface area contributed by atoms with Gasteiger partial charge in [0.2, 0.25) is 11.8 Å². The molecule has 0 aromatic heterocycles. The Morgan fingerprint density at radius 2 is 1.94 bits per heavy atom. The van der Waals surface area contributed by atoms with Gasteiger partial charge in [-0.3, -0.25) is 9.59 Å². The number of amides is 2. The van der Waals surface area contributed by atoms with Crippen LogP contribution in [0.5, 0.6) is 0 Å². The van der Waals surface area contributed by atoms with Crippen LogP contribution in [0.15, 0.2) is 0 Å². The van der Waals surface area contributed by atoms with Crippen LogP contribution in [0.1, 0.15) is 51.9 Å². The van der Waals surface area contributed by atoms with Gasteiger partial charge in [-0.2, -0.15) is 0 Å². The Balaban J connectivity index is 1.86. The van der Waals surface area contributed by atoms with Crippen molar-refractivity contribution < 1.29 is 9.59 Å². The predicted octanol–water partition coefficient (Wildman–Crippen LogP) is 1.45. The Kier molecular flexibility index (Phi) is 2.83. The molecule has 1 saturated heterocycles. The molecular formula is C14H22N2O2. The van der Waals surface area contributed by atoms with Crippen molar-refractivity contribution in [3.63, 3.8) is 0 Å². The van der Waals surface area contributed by atoms with Crippen LogP contribution in [0.4, 0.5) is 0 Å². The summed E-state index contributed by atoms with van der Waals surface area (Å²) in [7, 11) is 0. The summed E-state index contributed by atoms with van der Waals surface area (Å²) < 4.78 is 0. The molecule has 3 aliphatic rings. The Hall–Kier alpha value is -1.06. The Morgan fingerprint density at radius 3 is 2.56 bits per heavy atom. The molecule has 1 aliphatic heterocycles. The fourth-order valence-electron chi connectivity index (χ4n) is 3.38.